The number of para-hydroxylation sites is 1. The van der Waals surface area contributed by atoms with Crippen LogP contribution in [-0.2, 0) is 70.4 Å². The SMILES string of the molecule is CCC(C)C(NC(=O)C(Cc1ccccc1)NC(=O)C(CC(N)=O)NC(=O)C(CCCCN)NC(=O)C(CCCCN)NC(=O)C(Cc1c[nH]c2ccccc12)NC(=O)C(CCCN=C(N)N)NC(=O)C(CCCN=C(N)N)NC(=O)C(N)CCCCN)C(=O)NC(C)C(=O)NC(C(=O)O)C(C)C. The van der Waals surface area contributed by atoms with Crippen LogP contribution in [0.5, 0.6) is 0 Å². The van der Waals surface area contributed by atoms with Gasteiger partial charge in [-0.15, -0.1) is 0 Å². The number of nitrogens with one attached hydrogen (secondary N) is 11. The molecule has 572 valence electrons. The number of carboxylic acids is 1. The molecule has 12 atom stereocenters. The molecule has 35 nitrogen and oxygen atoms in total. The van der Waals surface area contributed by atoms with Gasteiger partial charge < -0.3 is 115 Å². The highest BCUT2D eigenvalue weighted by Crippen LogP contribution is 2.21. The first-order chi connectivity index (χ1) is 48.9. The average Bonchev–Trinajstić information content (AvgIpc) is 1.75. The standard InChI is InChI=1S/C68H112N22O13/c1-6-39(4)55(65(101)81-40(5)56(92)89-54(38(2)3)66(102)103)90-64(100)50(34-41-20-8-7-9-21-41)86-63(99)52(36-53(73)91)88-60(96)47(26-14-17-31-71)83-58(94)46(25-13-16-30-70)85-62(98)51(35-42-37-80-45-24-11-10-22-43(42)45)87-61(97)49(28-19-33-79-68(76)77)84-59(95)48(27-18-32-78-67(74)75)82-57(93)44(72)23-12-15-29-69/h7-11,20-22,24,37-40,44,46-52,54-55,80H,6,12-19,23,25-36,69-72H2,1-5H3,(H2,73,91)(H,81,101)(H,82,93)(H,83,94)(H,84,95)(H,85,98)(H,86,99)(H,87,97)(H,88,96)(H,89,92)(H,90,100)(H,102,103)(H4,74,75,78)(H4,76,77,79). The molecule has 0 spiro atoms. The molecule has 11 amide bonds. The number of hydrogen-bond acceptors (Lipinski definition) is 18. The fourth-order valence-corrected chi connectivity index (χ4v) is 10.9. The van der Waals surface area contributed by atoms with Crippen LogP contribution in [0.1, 0.15) is 142 Å². The molecule has 1 heterocycles. The summed E-state index contributed by atoms with van der Waals surface area (Å²) in [6.45, 7) is 8.79. The fraction of sp³-hybridized carbons (Fsp3) is 0.588. The summed E-state index contributed by atoms with van der Waals surface area (Å²) in [6.07, 6.45) is 3.47. The van der Waals surface area contributed by atoms with Crippen LogP contribution in [0.3, 0.4) is 0 Å². The van der Waals surface area contributed by atoms with E-state index in [0.717, 1.165) is 0 Å². The molecule has 0 saturated heterocycles. The van der Waals surface area contributed by atoms with Crippen LogP contribution in [0, 0.1) is 11.8 Å². The number of carboxylic acid groups (broad SMARTS) is 1. The Balaban J connectivity index is 2.07. The number of aliphatic carboxylic acids is 1. The number of hydrogen-bond donors (Lipinski definition) is 21. The number of aliphatic imine (C=N–C) groups is 2. The number of nitrogens with two attached hydrogens (primary N) is 9. The number of nitrogens with zero attached hydrogens (tertiary/aromatic N) is 2. The minimum absolute atomic E-state index is 0.00412. The first-order valence-electron chi connectivity index (χ1n) is 35.0. The Morgan fingerprint density at radius 1 is 0.447 bits per heavy atom. The summed E-state index contributed by atoms with van der Waals surface area (Å²) in [5.74, 6) is -12.5. The maximum Gasteiger partial charge on any atom is 0.326 e. The molecule has 1 aromatic heterocycles. The van der Waals surface area contributed by atoms with Crippen molar-refractivity contribution in [3.05, 3.63) is 71.9 Å². The second-order valence-electron chi connectivity index (χ2n) is 25.9. The fourth-order valence-electron chi connectivity index (χ4n) is 10.9. The molecule has 0 bridgehead atoms. The molecular weight excluding hydrogens is 1330 g/mol. The van der Waals surface area contributed by atoms with Crippen molar-refractivity contribution in [3.63, 3.8) is 0 Å². The summed E-state index contributed by atoms with van der Waals surface area (Å²) in [5.41, 5.74) is 53.5. The van der Waals surface area contributed by atoms with Crippen LogP contribution in [-0.4, -0.2) is 192 Å². The highest BCUT2D eigenvalue weighted by atomic mass is 16.4. The molecule has 2 aromatic carbocycles. The zero-order chi connectivity index (χ0) is 76.7. The van der Waals surface area contributed by atoms with Gasteiger partial charge in [0, 0.05) is 43.0 Å². The first-order valence-corrected chi connectivity index (χ1v) is 35.0. The van der Waals surface area contributed by atoms with E-state index in [2.05, 4.69) is 68.1 Å². The Bertz CT molecular complexity index is 3310. The van der Waals surface area contributed by atoms with Gasteiger partial charge in [0.05, 0.1) is 12.5 Å². The predicted molar refractivity (Wildman–Crippen MR) is 389 cm³/mol. The lowest BCUT2D eigenvalue weighted by Gasteiger charge is -2.29. The Morgan fingerprint density at radius 2 is 0.854 bits per heavy atom. The smallest absolute Gasteiger partial charge is 0.326 e. The van der Waals surface area contributed by atoms with Gasteiger partial charge in [0.2, 0.25) is 65.0 Å². The zero-order valence-electron chi connectivity index (χ0n) is 59.8. The summed E-state index contributed by atoms with van der Waals surface area (Å²) in [7, 11) is 0. The van der Waals surface area contributed by atoms with E-state index in [-0.39, 0.29) is 109 Å². The van der Waals surface area contributed by atoms with E-state index in [0.29, 0.717) is 60.7 Å². The molecule has 3 aromatic rings. The third-order valence-corrected chi connectivity index (χ3v) is 17.1. The van der Waals surface area contributed by atoms with Gasteiger partial charge in [-0.25, -0.2) is 4.79 Å². The van der Waals surface area contributed by atoms with Crippen molar-refractivity contribution < 1.29 is 62.6 Å². The van der Waals surface area contributed by atoms with Crippen molar-refractivity contribution in [2.45, 2.75) is 210 Å². The van der Waals surface area contributed by atoms with Crippen molar-refractivity contribution in [1.29, 1.82) is 0 Å². The normalized spacial score (nSPS) is 14.7. The Labute approximate surface area is 600 Å². The van der Waals surface area contributed by atoms with E-state index >= 15 is 4.79 Å². The molecule has 103 heavy (non-hydrogen) atoms. The highest BCUT2D eigenvalue weighted by molar-refractivity contribution is 6.00. The summed E-state index contributed by atoms with van der Waals surface area (Å²) in [4.78, 5) is 179. The maximum atomic E-state index is 15.1. The van der Waals surface area contributed by atoms with Crippen LogP contribution in [0.2, 0.25) is 0 Å². The lowest BCUT2D eigenvalue weighted by Crippen LogP contribution is -2.61. The van der Waals surface area contributed by atoms with E-state index in [1.807, 2.05) is 0 Å². The molecule has 0 radical (unpaired) electrons. The van der Waals surface area contributed by atoms with Gasteiger partial charge in [-0.05, 0) is 133 Å². The van der Waals surface area contributed by atoms with Crippen LogP contribution >= 0.6 is 0 Å². The minimum Gasteiger partial charge on any atom is -0.480 e. The second-order valence-corrected chi connectivity index (χ2v) is 25.9. The summed E-state index contributed by atoms with van der Waals surface area (Å²) in [6, 6.07) is 0.347. The van der Waals surface area contributed by atoms with Gasteiger partial charge >= 0.3 is 5.97 Å². The predicted octanol–water partition coefficient (Wildman–Crippen LogP) is -3.70. The Kier molecular flexibility index (Phi) is 39.4. The van der Waals surface area contributed by atoms with E-state index in [1.54, 1.807) is 88.5 Å². The quantitative estimate of drug-likeness (QED) is 0.0147. The molecule has 0 aliphatic rings. The van der Waals surface area contributed by atoms with Crippen molar-refractivity contribution >= 4 is 93.8 Å². The van der Waals surface area contributed by atoms with Gasteiger partial charge in [-0.3, -0.25) is 62.7 Å². The van der Waals surface area contributed by atoms with E-state index < -0.39 is 156 Å². The number of guanidine groups is 2. The molecule has 12 unspecified atom stereocenters. The van der Waals surface area contributed by atoms with Crippen LogP contribution < -0.4 is 105 Å². The summed E-state index contributed by atoms with van der Waals surface area (Å²) in [5, 5.41) is 36.8. The number of benzene rings is 2. The highest BCUT2D eigenvalue weighted by Gasteiger charge is 2.38. The number of amides is 11. The largest absolute Gasteiger partial charge is 0.480 e. The summed E-state index contributed by atoms with van der Waals surface area (Å²) < 4.78 is 0. The monoisotopic (exact) mass is 1440 g/mol. The molecule has 0 aliphatic carbocycles. The summed E-state index contributed by atoms with van der Waals surface area (Å²) >= 11 is 0. The number of rotatable bonds is 50. The van der Waals surface area contributed by atoms with Crippen molar-refractivity contribution in [1.82, 2.24) is 58.2 Å². The van der Waals surface area contributed by atoms with E-state index in [9.17, 15) is 57.8 Å². The molecular formula is C68H112N22O13. The number of aromatic nitrogens is 1. The number of carbonyl (C=O) groups is 12. The zero-order valence-corrected chi connectivity index (χ0v) is 59.8. The van der Waals surface area contributed by atoms with Crippen LogP contribution in [0.4, 0.5) is 0 Å². The third kappa shape index (κ3) is 31.8. The first kappa shape index (κ1) is 87.2. The van der Waals surface area contributed by atoms with Gasteiger partial charge in [0.1, 0.15) is 60.4 Å². The van der Waals surface area contributed by atoms with Crippen LogP contribution in [0.15, 0.2) is 70.8 Å². The van der Waals surface area contributed by atoms with Crippen molar-refractivity contribution in [2.24, 2.45) is 73.4 Å². The van der Waals surface area contributed by atoms with Crippen molar-refractivity contribution in [2.75, 3.05) is 32.7 Å². The molecule has 3 rings (SSSR count). The molecule has 0 saturated carbocycles. The topological polar surface area (TPSA) is 620 Å². The number of H-pyrrole nitrogens is 1. The number of aromatic amines is 1. The average molecular weight is 1450 g/mol. The number of primary amides is 1. The lowest BCUT2D eigenvalue weighted by molar-refractivity contribution is -0.143. The van der Waals surface area contributed by atoms with Crippen LogP contribution in [0.25, 0.3) is 10.9 Å². The number of unbranched alkanes of at least 4 members (excludes halogenated alkanes) is 3. The molecule has 0 fully saturated rings. The van der Waals surface area contributed by atoms with E-state index in [4.69, 9.17) is 51.6 Å². The second kappa shape index (κ2) is 46.5. The minimum atomic E-state index is -1.79. The molecule has 0 aliphatic heterocycles. The third-order valence-electron chi connectivity index (χ3n) is 17.1. The Morgan fingerprint density at radius 3 is 1.32 bits per heavy atom. The van der Waals surface area contributed by atoms with E-state index in [1.165, 1.54) is 6.92 Å². The van der Waals surface area contributed by atoms with Crippen molar-refractivity contribution in [3.8, 4) is 0 Å². The number of fused-ring (bicyclic) bond motifs is 1. The van der Waals surface area contributed by atoms with Gasteiger partial charge in [-0.1, -0.05) is 89.1 Å². The molecule has 35 heteroatoms. The van der Waals surface area contributed by atoms with Gasteiger partial charge in [0.15, 0.2) is 11.9 Å². The Hall–Kier alpha value is -10.00. The van der Waals surface area contributed by atoms with Gasteiger partial charge in [-0.2, -0.15) is 0 Å². The lowest BCUT2D eigenvalue weighted by atomic mass is 9.96. The number of carbonyl (C=O) groups excluding carboxylic acids is 11. The van der Waals surface area contributed by atoms with Gasteiger partial charge in [0.25, 0.3) is 0 Å². The molecule has 30 N–H and O–H groups in total. The maximum absolute atomic E-state index is 15.1.